The van der Waals surface area contributed by atoms with E-state index in [-0.39, 0.29) is 5.41 Å². The normalized spacial score (nSPS) is 30.1. The van der Waals surface area contributed by atoms with E-state index in [1.807, 2.05) is 28.9 Å². The van der Waals surface area contributed by atoms with Crippen molar-refractivity contribution >= 4 is 38.1 Å². The van der Waals surface area contributed by atoms with Crippen LogP contribution in [-0.4, -0.2) is 40.5 Å². The van der Waals surface area contributed by atoms with Gasteiger partial charge in [-0.05, 0) is 48.2 Å². The van der Waals surface area contributed by atoms with Crippen LogP contribution in [0.5, 0.6) is 0 Å². The Hall–Kier alpha value is -1.10. The molecular weight excluding hydrogens is 320 g/mol. The molecule has 0 aromatic carbocycles. The second-order valence-electron chi connectivity index (χ2n) is 6.47. The van der Waals surface area contributed by atoms with Crippen molar-refractivity contribution in [3.05, 3.63) is 46.4 Å². The first-order valence-corrected chi connectivity index (χ1v) is 10.0. The summed E-state index contributed by atoms with van der Waals surface area (Å²) in [5, 5.41) is 2.14. The largest absolute Gasteiger partial charge is 0.302 e. The van der Waals surface area contributed by atoms with Crippen molar-refractivity contribution in [2.45, 2.75) is 26.2 Å². The molecule has 120 valence electrons. The highest BCUT2D eigenvalue weighted by Gasteiger charge is 2.48. The predicted octanol–water partition coefficient (Wildman–Crippen LogP) is 4.24. The van der Waals surface area contributed by atoms with Gasteiger partial charge in [0.25, 0.3) is 0 Å². The molecular formula is C19H22N2S2. The van der Waals surface area contributed by atoms with Gasteiger partial charge in [0.2, 0.25) is 0 Å². The molecule has 1 aliphatic carbocycles. The third-order valence-electron chi connectivity index (χ3n) is 4.96. The zero-order valence-corrected chi connectivity index (χ0v) is 15.3. The Morgan fingerprint density at radius 3 is 3.13 bits per heavy atom. The first kappa shape index (κ1) is 15.4. The molecule has 3 aliphatic heterocycles. The Bertz CT molecular complexity index is 760. The summed E-state index contributed by atoms with van der Waals surface area (Å²) in [5.74, 6) is 0. The van der Waals surface area contributed by atoms with Gasteiger partial charge in [-0.25, -0.2) is 0 Å². The first-order valence-electron chi connectivity index (χ1n) is 8.31. The Morgan fingerprint density at radius 2 is 2.30 bits per heavy atom. The van der Waals surface area contributed by atoms with Crippen LogP contribution in [0.25, 0.3) is 0 Å². The van der Waals surface area contributed by atoms with Gasteiger partial charge in [-0.1, -0.05) is 36.9 Å². The van der Waals surface area contributed by atoms with Crippen LogP contribution in [0.15, 0.2) is 51.4 Å². The van der Waals surface area contributed by atoms with Crippen LogP contribution in [0.1, 0.15) is 26.2 Å². The topological polar surface area (TPSA) is 15.6 Å². The van der Waals surface area contributed by atoms with E-state index < -0.39 is 0 Å². The van der Waals surface area contributed by atoms with Crippen LogP contribution in [0.2, 0.25) is 0 Å². The minimum atomic E-state index is -0.0249. The number of rotatable bonds is 2. The number of hydrogen-bond donors (Lipinski definition) is 0. The highest BCUT2D eigenvalue weighted by molar-refractivity contribution is 8.06. The van der Waals surface area contributed by atoms with Crippen LogP contribution in [-0.2, 0) is 0 Å². The van der Waals surface area contributed by atoms with E-state index >= 15 is 0 Å². The highest BCUT2D eigenvalue weighted by Crippen LogP contribution is 2.50. The summed E-state index contributed by atoms with van der Waals surface area (Å²) in [4.78, 5) is 11.9. The molecule has 0 N–H and O–H groups in total. The molecule has 1 unspecified atom stereocenters. The molecule has 0 aromatic heterocycles. The number of nitrogens with zero attached hydrogens (tertiary/aromatic N) is 2. The third kappa shape index (κ3) is 2.48. The van der Waals surface area contributed by atoms with Gasteiger partial charge in [0.15, 0.2) is 0 Å². The van der Waals surface area contributed by atoms with Crippen molar-refractivity contribution in [2.75, 3.05) is 20.1 Å². The lowest BCUT2D eigenvalue weighted by molar-refractivity contribution is 0.359. The lowest BCUT2D eigenvalue weighted by atomic mass is 9.70. The number of thioether (sulfide) groups is 1. The van der Waals surface area contributed by atoms with E-state index in [1.54, 1.807) is 4.86 Å². The second kappa shape index (κ2) is 6.08. The van der Waals surface area contributed by atoms with Crippen LogP contribution in [0, 0.1) is 5.41 Å². The summed E-state index contributed by atoms with van der Waals surface area (Å²) in [7, 11) is 4.20. The lowest BCUT2D eigenvalue weighted by Crippen LogP contribution is -2.43. The molecule has 0 aromatic rings. The third-order valence-corrected chi connectivity index (χ3v) is 7.38. The number of aliphatic imine (C=N–C) groups is 1. The van der Waals surface area contributed by atoms with Crippen molar-refractivity contribution < 1.29 is 0 Å². The summed E-state index contributed by atoms with van der Waals surface area (Å²) in [6, 6.07) is 0. The van der Waals surface area contributed by atoms with Crippen LogP contribution in [0.3, 0.4) is 0 Å². The summed E-state index contributed by atoms with van der Waals surface area (Å²) in [5.41, 5.74) is 2.68. The molecule has 4 heteroatoms. The molecule has 4 aliphatic rings. The van der Waals surface area contributed by atoms with Gasteiger partial charge >= 0.3 is 0 Å². The zero-order valence-electron chi connectivity index (χ0n) is 13.7. The Balaban J connectivity index is 1.85. The molecule has 4 rings (SSSR count). The van der Waals surface area contributed by atoms with E-state index in [0.717, 1.165) is 32.4 Å². The Kier molecular flexibility index (Phi) is 4.08. The maximum atomic E-state index is 4.97. The second-order valence-corrected chi connectivity index (χ2v) is 8.64. The minimum absolute atomic E-state index is 0.0249. The molecule has 3 heterocycles. The fourth-order valence-electron chi connectivity index (χ4n) is 3.81. The molecule has 0 saturated heterocycles. The molecule has 0 radical (unpaired) electrons. The number of likely N-dealkylation sites (N-methyl/N-ethyl adjacent to an activating group) is 1. The summed E-state index contributed by atoms with van der Waals surface area (Å²) in [6.07, 6.45) is 14.6. The summed E-state index contributed by atoms with van der Waals surface area (Å²) in [6.45, 7) is 4.43. The van der Waals surface area contributed by atoms with Crippen LogP contribution < -0.4 is 0 Å². The van der Waals surface area contributed by atoms with E-state index in [0.29, 0.717) is 0 Å². The number of allylic oxidation sites excluding steroid dienone is 4. The molecule has 23 heavy (non-hydrogen) atoms. The van der Waals surface area contributed by atoms with Crippen molar-refractivity contribution in [3.63, 3.8) is 0 Å². The van der Waals surface area contributed by atoms with Crippen molar-refractivity contribution in [3.8, 4) is 0 Å². The van der Waals surface area contributed by atoms with Crippen LogP contribution in [0.4, 0.5) is 0 Å². The first-order chi connectivity index (χ1) is 11.2. The predicted molar refractivity (Wildman–Crippen MR) is 107 cm³/mol. The molecule has 0 amide bonds. The van der Waals surface area contributed by atoms with E-state index in [4.69, 9.17) is 4.99 Å². The van der Waals surface area contributed by atoms with Crippen LogP contribution >= 0.6 is 22.7 Å². The highest BCUT2D eigenvalue weighted by atomic mass is 32.2. The van der Waals surface area contributed by atoms with E-state index in [1.165, 1.54) is 21.1 Å². The molecule has 0 bridgehead atoms. The minimum Gasteiger partial charge on any atom is -0.302 e. The maximum Gasteiger partial charge on any atom is 0.0827 e. The molecule has 1 spiro atoms. The molecule has 0 saturated carbocycles. The Labute approximate surface area is 146 Å². The van der Waals surface area contributed by atoms with E-state index in [9.17, 15) is 0 Å². The molecule has 0 fully saturated rings. The van der Waals surface area contributed by atoms with Crippen molar-refractivity contribution in [1.29, 1.82) is 0 Å². The van der Waals surface area contributed by atoms with Gasteiger partial charge in [-0.2, -0.15) is 0 Å². The van der Waals surface area contributed by atoms with Crippen molar-refractivity contribution in [2.24, 2.45) is 10.4 Å². The molecule has 1 atom stereocenters. The quantitative estimate of drug-likeness (QED) is 0.698. The van der Waals surface area contributed by atoms with Gasteiger partial charge < -0.3 is 4.90 Å². The average molecular weight is 343 g/mol. The van der Waals surface area contributed by atoms with Gasteiger partial charge in [-0.3, -0.25) is 4.99 Å². The standard InChI is InChI=1S/C19H22N2S2/c1-3-15-12-19-16(7-4-8-17(19)23-15)22-11-9-20-18(19)14-6-5-10-21(2)13-14/h4,6-9,11H,3,5,10,12-13H2,1-2H3. The summed E-state index contributed by atoms with van der Waals surface area (Å²) >= 11 is 1.84. The van der Waals surface area contributed by atoms with Gasteiger partial charge in [-0.15, -0.1) is 10.9 Å². The SMILES string of the molecule is CCC1=S=C2C=CC=C3SC=CN=C(C4=CCCN(C)C4)C32C1. The van der Waals surface area contributed by atoms with Crippen molar-refractivity contribution in [1.82, 2.24) is 4.90 Å². The molecule has 2 nitrogen and oxygen atoms in total. The van der Waals surface area contributed by atoms with Gasteiger partial charge in [0, 0.05) is 29.1 Å². The Morgan fingerprint density at radius 1 is 1.39 bits per heavy atom. The zero-order chi connectivity index (χ0) is 15.9. The monoisotopic (exact) mass is 342 g/mol. The lowest BCUT2D eigenvalue weighted by Gasteiger charge is -2.38. The fraction of sp³-hybridized carbons (Fsp3) is 0.421. The number of hydrogen-bond acceptors (Lipinski definition) is 3. The van der Waals surface area contributed by atoms with E-state index in [2.05, 4.69) is 48.6 Å². The van der Waals surface area contributed by atoms with Gasteiger partial charge in [0.05, 0.1) is 11.1 Å². The van der Waals surface area contributed by atoms with Gasteiger partial charge in [0.1, 0.15) is 0 Å². The fourth-order valence-corrected chi connectivity index (χ4v) is 6.12. The maximum absolute atomic E-state index is 4.97. The summed E-state index contributed by atoms with van der Waals surface area (Å²) < 4.78 is 0. The smallest absolute Gasteiger partial charge is 0.0827 e. The average Bonchev–Trinajstić information content (AvgIpc) is 2.84.